The predicted octanol–water partition coefficient (Wildman–Crippen LogP) is 4.59. The molecule has 4 rings (SSSR count). The van der Waals surface area contributed by atoms with Crippen LogP contribution >= 0.6 is 11.6 Å². The molecule has 2 heterocycles. The molecule has 0 saturated heterocycles. The van der Waals surface area contributed by atoms with E-state index in [9.17, 15) is 4.79 Å². The average molecular weight is 390 g/mol. The highest BCUT2D eigenvalue weighted by atomic mass is 35.5. The first-order valence-electron chi connectivity index (χ1n) is 8.70. The summed E-state index contributed by atoms with van der Waals surface area (Å²) in [5, 5.41) is 4.55. The number of benzene rings is 2. The molecule has 0 aliphatic carbocycles. The normalized spacial score (nSPS) is 11.5. The molecule has 0 atom stereocenters. The molecule has 0 aliphatic rings. The third-order valence-corrected chi connectivity index (χ3v) is 4.40. The number of hydrogen-bond donors (Lipinski definition) is 0. The van der Waals surface area contributed by atoms with Gasteiger partial charge < -0.3 is 9.09 Å². The first-order chi connectivity index (χ1) is 13.7. The molecule has 0 fully saturated rings. The van der Waals surface area contributed by atoms with Gasteiger partial charge in [-0.1, -0.05) is 65.3 Å². The van der Waals surface area contributed by atoms with Crippen molar-refractivity contribution >= 4 is 17.5 Å². The maximum Gasteiger partial charge on any atom is 0.317 e. The maximum atomic E-state index is 12.6. The van der Waals surface area contributed by atoms with E-state index < -0.39 is 5.91 Å². The minimum Gasteiger partial charge on any atom is -0.350 e. The van der Waals surface area contributed by atoms with Crippen molar-refractivity contribution in [2.75, 3.05) is 0 Å². The summed E-state index contributed by atoms with van der Waals surface area (Å²) < 4.78 is 7.11. The van der Waals surface area contributed by atoms with Crippen molar-refractivity contribution in [1.29, 1.82) is 0 Å². The Balaban J connectivity index is 1.62. The summed E-state index contributed by atoms with van der Waals surface area (Å²) in [5.41, 5.74) is 2.96. The van der Waals surface area contributed by atoms with Crippen LogP contribution in [0.15, 0.2) is 94.6 Å². The summed E-state index contributed by atoms with van der Waals surface area (Å²) in [6.45, 7) is 0.609. The standard InChI is InChI=1S/C22H16ClN3O2/c23-18-10-6-9-17(13-18)19-14-20(28-25-19)22(27)24-21-11-4-5-12-26(21)15-16-7-2-1-3-8-16/h1-14H,15H2. The lowest BCUT2D eigenvalue weighted by Gasteiger charge is -2.06. The minimum absolute atomic E-state index is 0.0742. The van der Waals surface area contributed by atoms with Crippen molar-refractivity contribution in [3.05, 3.63) is 107 Å². The van der Waals surface area contributed by atoms with Gasteiger partial charge in [-0.05, 0) is 29.8 Å². The molecule has 138 valence electrons. The molecule has 0 saturated carbocycles. The van der Waals surface area contributed by atoms with Crippen molar-refractivity contribution in [1.82, 2.24) is 9.72 Å². The van der Waals surface area contributed by atoms with Crippen LogP contribution in [0.5, 0.6) is 0 Å². The molecule has 0 radical (unpaired) electrons. The van der Waals surface area contributed by atoms with E-state index >= 15 is 0 Å². The molecule has 2 aromatic heterocycles. The highest BCUT2D eigenvalue weighted by Gasteiger charge is 2.13. The Morgan fingerprint density at radius 3 is 2.64 bits per heavy atom. The smallest absolute Gasteiger partial charge is 0.317 e. The Kier molecular flexibility index (Phi) is 5.17. The second-order valence-electron chi connectivity index (χ2n) is 6.18. The van der Waals surface area contributed by atoms with Crippen LogP contribution in [0.3, 0.4) is 0 Å². The van der Waals surface area contributed by atoms with Gasteiger partial charge in [0.15, 0.2) is 0 Å². The van der Waals surface area contributed by atoms with Crippen LogP contribution < -0.4 is 5.49 Å². The third kappa shape index (κ3) is 4.10. The molecule has 28 heavy (non-hydrogen) atoms. The van der Waals surface area contributed by atoms with Crippen molar-refractivity contribution in [2.24, 2.45) is 4.99 Å². The summed E-state index contributed by atoms with van der Waals surface area (Å²) in [5.74, 6) is -0.418. The fraction of sp³-hybridized carbons (Fsp3) is 0.0455. The number of nitrogens with zero attached hydrogens (tertiary/aromatic N) is 3. The summed E-state index contributed by atoms with van der Waals surface area (Å²) in [6, 6.07) is 24.3. The maximum absolute atomic E-state index is 12.6. The fourth-order valence-corrected chi connectivity index (χ4v) is 2.99. The molecule has 0 spiro atoms. The highest BCUT2D eigenvalue weighted by molar-refractivity contribution is 6.30. The number of carbonyl (C=O) groups is 1. The molecule has 0 N–H and O–H groups in total. The van der Waals surface area contributed by atoms with E-state index in [-0.39, 0.29) is 5.76 Å². The van der Waals surface area contributed by atoms with Gasteiger partial charge in [0, 0.05) is 29.4 Å². The molecule has 0 aliphatic heterocycles. The van der Waals surface area contributed by atoms with Gasteiger partial charge in [0.25, 0.3) is 0 Å². The number of aromatic nitrogens is 2. The zero-order valence-corrected chi connectivity index (χ0v) is 15.6. The summed E-state index contributed by atoms with van der Waals surface area (Å²) in [6.07, 6.45) is 1.89. The third-order valence-electron chi connectivity index (χ3n) is 4.17. The number of pyridine rings is 1. The number of halogens is 1. The zero-order chi connectivity index (χ0) is 19.3. The number of rotatable bonds is 4. The van der Waals surface area contributed by atoms with Gasteiger partial charge in [0.1, 0.15) is 11.2 Å². The topological polar surface area (TPSA) is 60.4 Å². The molecule has 0 bridgehead atoms. The molecule has 4 aromatic rings. The van der Waals surface area contributed by atoms with Gasteiger partial charge in [-0.15, -0.1) is 0 Å². The molecular weight excluding hydrogens is 374 g/mol. The SMILES string of the molecule is O=C(N=c1ccccn1Cc1ccccc1)c1cc(-c2cccc(Cl)c2)no1. The lowest BCUT2D eigenvalue weighted by atomic mass is 10.1. The number of amides is 1. The van der Waals surface area contributed by atoms with Crippen LogP contribution in [0.2, 0.25) is 5.02 Å². The van der Waals surface area contributed by atoms with Crippen LogP contribution in [0, 0.1) is 0 Å². The zero-order valence-electron chi connectivity index (χ0n) is 14.8. The fourth-order valence-electron chi connectivity index (χ4n) is 2.80. The second-order valence-corrected chi connectivity index (χ2v) is 6.61. The quantitative estimate of drug-likeness (QED) is 0.513. The van der Waals surface area contributed by atoms with Crippen LogP contribution in [-0.4, -0.2) is 15.6 Å². The largest absolute Gasteiger partial charge is 0.350 e. The van der Waals surface area contributed by atoms with Crippen molar-refractivity contribution in [3.8, 4) is 11.3 Å². The van der Waals surface area contributed by atoms with Gasteiger partial charge in [-0.25, -0.2) is 0 Å². The van der Waals surface area contributed by atoms with E-state index in [1.807, 2.05) is 65.4 Å². The minimum atomic E-state index is -0.492. The first-order valence-corrected chi connectivity index (χ1v) is 9.08. The van der Waals surface area contributed by atoms with Crippen LogP contribution in [0.25, 0.3) is 11.3 Å². The van der Waals surface area contributed by atoms with E-state index in [1.54, 1.807) is 24.3 Å². The molecule has 5 nitrogen and oxygen atoms in total. The Morgan fingerprint density at radius 2 is 1.82 bits per heavy atom. The lowest BCUT2D eigenvalue weighted by molar-refractivity contribution is 0.0962. The van der Waals surface area contributed by atoms with Gasteiger partial charge in [-0.3, -0.25) is 4.79 Å². The Hall–Kier alpha value is -3.44. The average Bonchev–Trinajstić information content (AvgIpc) is 3.21. The van der Waals surface area contributed by atoms with Gasteiger partial charge in [0.2, 0.25) is 5.76 Å². The molecule has 1 amide bonds. The van der Waals surface area contributed by atoms with E-state index in [4.69, 9.17) is 16.1 Å². The Morgan fingerprint density at radius 1 is 1.00 bits per heavy atom. The lowest BCUT2D eigenvalue weighted by Crippen LogP contribution is -2.22. The monoisotopic (exact) mass is 389 g/mol. The molecule has 6 heteroatoms. The van der Waals surface area contributed by atoms with E-state index in [0.717, 1.165) is 11.1 Å². The van der Waals surface area contributed by atoms with Crippen LogP contribution in [0.1, 0.15) is 16.1 Å². The van der Waals surface area contributed by atoms with Crippen LogP contribution in [-0.2, 0) is 6.54 Å². The van der Waals surface area contributed by atoms with E-state index in [1.165, 1.54) is 0 Å². The van der Waals surface area contributed by atoms with Gasteiger partial charge >= 0.3 is 5.91 Å². The van der Waals surface area contributed by atoms with Gasteiger partial charge in [-0.2, -0.15) is 4.99 Å². The highest BCUT2D eigenvalue weighted by Crippen LogP contribution is 2.22. The van der Waals surface area contributed by atoms with Gasteiger partial charge in [0.05, 0.1) is 0 Å². The second kappa shape index (κ2) is 8.06. The van der Waals surface area contributed by atoms with Crippen LogP contribution in [0.4, 0.5) is 0 Å². The molecular formula is C22H16ClN3O2. The Bertz CT molecular complexity index is 1180. The van der Waals surface area contributed by atoms with E-state index in [0.29, 0.717) is 22.7 Å². The van der Waals surface area contributed by atoms with Crippen molar-refractivity contribution in [3.63, 3.8) is 0 Å². The summed E-state index contributed by atoms with van der Waals surface area (Å²) in [4.78, 5) is 16.8. The van der Waals surface area contributed by atoms with Crippen molar-refractivity contribution < 1.29 is 9.32 Å². The summed E-state index contributed by atoms with van der Waals surface area (Å²) >= 11 is 6.01. The molecule has 0 unspecified atom stereocenters. The molecule has 2 aromatic carbocycles. The number of carbonyl (C=O) groups excluding carboxylic acids is 1. The van der Waals surface area contributed by atoms with Crippen molar-refractivity contribution in [2.45, 2.75) is 6.54 Å². The Labute approximate surface area is 166 Å². The predicted molar refractivity (Wildman–Crippen MR) is 107 cm³/mol. The number of hydrogen-bond acceptors (Lipinski definition) is 3. The van der Waals surface area contributed by atoms with E-state index in [2.05, 4.69) is 10.1 Å². The summed E-state index contributed by atoms with van der Waals surface area (Å²) in [7, 11) is 0. The first kappa shape index (κ1) is 17.9.